The summed E-state index contributed by atoms with van der Waals surface area (Å²) >= 11 is 11.7. The lowest BCUT2D eigenvalue weighted by Crippen LogP contribution is -2.17. The zero-order valence-corrected chi connectivity index (χ0v) is 12.4. The van der Waals surface area contributed by atoms with E-state index in [1.165, 1.54) is 30.3 Å². The highest BCUT2D eigenvalue weighted by molar-refractivity contribution is 6.33. The van der Waals surface area contributed by atoms with Gasteiger partial charge in [0.25, 0.3) is 0 Å². The molecule has 0 heterocycles. The van der Waals surface area contributed by atoms with Crippen LogP contribution in [0.15, 0.2) is 36.4 Å². The predicted octanol–water partition coefficient (Wildman–Crippen LogP) is 4.56. The average Bonchev–Trinajstić information content (AvgIpc) is 2.42. The number of benzene rings is 2. The fourth-order valence-corrected chi connectivity index (χ4v) is 2.34. The summed E-state index contributed by atoms with van der Waals surface area (Å²) in [7, 11) is 0. The molecule has 2 aromatic rings. The lowest BCUT2D eigenvalue weighted by molar-refractivity contribution is -0.274. The molecular formula is C14H10Cl2F3NO2. The van der Waals surface area contributed by atoms with E-state index in [1.807, 2.05) is 0 Å². The summed E-state index contributed by atoms with van der Waals surface area (Å²) in [5, 5.41) is 10.3. The Morgan fingerprint density at radius 1 is 1.09 bits per heavy atom. The zero-order chi connectivity index (χ0) is 16.5. The Hall–Kier alpha value is -1.63. The van der Waals surface area contributed by atoms with E-state index >= 15 is 0 Å². The lowest BCUT2D eigenvalue weighted by atomic mass is 10.00. The Balaban J connectivity index is 2.44. The maximum absolute atomic E-state index is 12.3. The highest BCUT2D eigenvalue weighted by Crippen LogP contribution is 2.38. The van der Waals surface area contributed by atoms with Crippen molar-refractivity contribution in [2.45, 2.75) is 12.5 Å². The molecule has 3 N–H and O–H groups in total. The summed E-state index contributed by atoms with van der Waals surface area (Å²) in [5.74, 6) is -0.605. The van der Waals surface area contributed by atoms with E-state index in [-0.39, 0.29) is 21.8 Å². The Kier molecular flexibility index (Phi) is 4.75. The molecule has 1 atom stereocenters. The van der Waals surface area contributed by atoms with E-state index in [9.17, 15) is 18.3 Å². The second-order valence-corrected chi connectivity index (χ2v) is 5.20. The molecule has 0 amide bonds. The number of hydrogen-bond acceptors (Lipinski definition) is 3. The van der Waals surface area contributed by atoms with Crippen LogP contribution in [0.25, 0.3) is 0 Å². The van der Waals surface area contributed by atoms with Crippen molar-refractivity contribution >= 4 is 28.9 Å². The van der Waals surface area contributed by atoms with Crippen LogP contribution in [0.3, 0.4) is 0 Å². The standard InChI is InChI=1S/C14H10Cl2F3NO2/c15-7-4-5-10(20)9(6-7)13(21)8-2-1-3-11(12(8)16)22-14(17,18)19/h1-6,13,21H,20H2/t13-/m1/s1. The number of nitrogens with two attached hydrogens (primary N) is 1. The summed E-state index contributed by atoms with van der Waals surface area (Å²) in [4.78, 5) is 0. The van der Waals surface area contributed by atoms with E-state index in [0.29, 0.717) is 5.02 Å². The largest absolute Gasteiger partial charge is 0.573 e. The molecule has 0 saturated heterocycles. The number of ether oxygens (including phenoxy) is 1. The van der Waals surface area contributed by atoms with Crippen LogP contribution >= 0.6 is 23.2 Å². The summed E-state index contributed by atoms with van der Waals surface area (Å²) in [6.45, 7) is 0. The third-order valence-electron chi connectivity index (χ3n) is 2.86. The molecule has 0 unspecified atom stereocenters. The summed E-state index contributed by atoms with van der Waals surface area (Å²) < 4.78 is 40.8. The summed E-state index contributed by atoms with van der Waals surface area (Å²) in [6.07, 6.45) is -6.23. The first kappa shape index (κ1) is 16.7. The monoisotopic (exact) mass is 351 g/mol. The average molecular weight is 352 g/mol. The van der Waals surface area contributed by atoms with Crippen molar-refractivity contribution in [1.29, 1.82) is 0 Å². The van der Waals surface area contributed by atoms with E-state index in [4.69, 9.17) is 28.9 Å². The van der Waals surface area contributed by atoms with Crippen LogP contribution in [-0.2, 0) is 0 Å². The summed E-state index contributed by atoms with van der Waals surface area (Å²) in [5.41, 5.74) is 6.24. The van der Waals surface area contributed by atoms with Crippen LogP contribution in [0.5, 0.6) is 5.75 Å². The normalized spacial score (nSPS) is 13.0. The van der Waals surface area contributed by atoms with Crippen molar-refractivity contribution in [2.75, 3.05) is 5.73 Å². The van der Waals surface area contributed by atoms with Crippen LogP contribution in [-0.4, -0.2) is 11.5 Å². The van der Waals surface area contributed by atoms with E-state index < -0.39 is 18.2 Å². The number of alkyl halides is 3. The van der Waals surface area contributed by atoms with Gasteiger partial charge in [0.05, 0.1) is 5.02 Å². The van der Waals surface area contributed by atoms with E-state index in [1.54, 1.807) is 0 Å². The van der Waals surface area contributed by atoms with Gasteiger partial charge >= 0.3 is 6.36 Å². The first-order valence-electron chi connectivity index (χ1n) is 5.96. The quantitative estimate of drug-likeness (QED) is 0.797. The van der Waals surface area contributed by atoms with Crippen LogP contribution in [0.2, 0.25) is 10.0 Å². The molecule has 0 fully saturated rings. The van der Waals surface area contributed by atoms with Crippen LogP contribution in [0.4, 0.5) is 18.9 Å². The topological polar surface area (TPSA) is 55.5 Å². The van der Waals surface area contributed by atoms with Gasteiger partial charge in [-0.15, -0.1) is 13.2 Å². The molecule has 8 heteroatoms. The molecule has 2 aromatic carbocycles. The van der Waals surface area contributed by atoms with Crippen molar-refractivity contribution in [1.82, 2.24) is 0 Å². The number of halogens is 5. The number of aliphatic hydroxyl groups excluding tert-OH is 1. The van der Waals surface area contributed by atoms with Crippen molar-refractivity contribution in [2.24, 2.45) is 0 Å². The van der Waals surface area contributed by atoms with Crippen LogP contribution < -0.4 is 10.5 Å². The second kappa shape index (κ2) is 6.24. The maximum atomic E-state index is 12.3. The van der Waals surface area contributed by atoms with Gasteiger partial charge in [-0.3, -0.25) is 0 Å². The summed E-state index contributed by atoms with van der Waals surface area (Å²) in [6, 6.07) is 8.12. The molecular weight excluding hydrogens is 342 g/mol. The number of rotatable bonds is 3. The molecule has 0 spiro atoms. The van der Waals surface area contributed by atoms with Gasteiger partial charge in [0.2, 0.25) is 0 Å². The highest BCUT2D eigenvalue weighted by atomic mass is 35.5. The molecule has 0 aliphatic rings. The smallest absolute Gasteiger partial charge is 0.404 e. The Labute approximate surface area is 134 Å². The first-order chi connectivity index (χ1) is 10.2. The maximum Gasteiger partial charge on any atom is 0.573 e. The molecule has 2 rings (SSSR count). The van der Waals surface area contributed by atoms with Crippen molar-refractivity contribution in [3.05, 3.63) is 57.6 Å². The fraction of sp³-hybridized carbons (Fsp3) is 0.143. The van der Waals surface area contributed by atoms with Gasteiger partial charge < -0.3 is 15.6 Å². The molecule has 118 valence electrons. The Bertz CT molecular complexity index is 692. The lowest BCUT2D eigenvalue weighted by Gasteiger charge is -2.18. The zero-order valence-electron chi connectivity index (χ0n) is 10.9. The third-order valence-corrected chi connectivity index (χ3v) is 3.50. The van der Waals surface area contributed by atoms with Gasteiger partial charge in [-0.05, 0) is 24.3 Å². The van der Waals surface area contributed by atoms with Gasteiger partial charge in [-0.25, -0.2) is 0 Å². The minimum Gasteiger partial charge on any atom is -0.404 e. The SMILES string of the molecule is Nc1ccc(Cl)cc1[C@H](O)c1cccc(OC(F)(F)F)c1Cl. The van der Waals surface area contributed by atoms with Gasteiger partial charge in [0, 0.05) is 21.8 Å². The minimum atomic E-state index is -4.89. The molecule has 0 aromatic heterocycles. The molecule has 22 heavy (non-hydrogen) atoms. The Morgan fingerprint density at radius 3 is 2.41 bits per heavy atom. The van der Waals surface area contributed by atoms with Crippen LogP contribution in [0.1, 0.15) is 17.2 Å². The predicted molar refractivity (Wildman–Crippen MR) is 78.1 cm³/mol. The highest BCUT2D eigenvalue weighted by Gasteiger charge is 2.33. The van der Waals surface area contributed by atoms with Crippen LogP contribution in [0, 0.1) is 0 Å². The van der Waals surface area contributed by atoms with Crippen molar-refractivity contribution in [3.63, 3.8) is 0 Å². The molecule has 0 saturated carbocycles. The number of anilines is 1. The number of aliphatic hydroxyl groups is 1. The molecule has 0 aliphatic heterocycles. The molecule has 0 aliphatic carbocycles. The Morgan fingerprint density at radius 2 is 1.77 bits per heavy atom. The van der Waals surface area contributed by atoms with E-state index in [2.05, 4.69) is 4.74 Å². The fourth-order valence-electron chi connectivity index (χ4n) is 1.89. The molecule has 0 bridgehead atoms. The molecule has 0 radical (unpaired) electrons. The number of nitrogen functional groups attached to an aromatic ring is 1. The second-order valence-electron chi connectivity index (χ2n) is 4.38. The van der Waals surface area contributed by atoms with E-state index in [0.717, 1.165) is 6.07 Å². The third kappa shape index (κ3) is 3.76. The number of hydrogen-bond donors (Lipinski definition) is 2. The molecule has 3 nitrogen and oxygen atoms in total. The van der Waals surface area contributed by atoms with Gasteiger partial charge in [0.1, 0.15) is 11.9 Å². The van der Waals surface area contributed by atoms with Crippen molar-refractivity contribution < 1.29 is 23.0 Å². The minimum absolute atomic E-state index is 0.0254. The van der Waals surface area contributed by atoms with Gasteiger partial charge in [0.15, 0.2) is 0 Å². The van der Waals surface area contributed by atoms with Crippen molar-refractivity contribution in [3.8, 4) is 5.75 Å². The van der Waals surface area contributed by atoms with Gasteiger partial charge in [-0.2, -0.15) is 0 Å². The van der Waals surface area contributed by atoms with Gasteiger partial charge in [-0.1, -0.05) is 35.3 Å². The first-order valence-corrected chi connectivity index (χ1v) is 6.72.